The summed E-state index contributed by atoms with van der Waals surface area (Å²) in [6.45, 7) is 0. The lowest BCUT2D eigenvalue weighted by molar-refractivity contribution is 0.0827. The summed E-state index contributed by atoms with van der Waals surface area (Å²) < 4.78 is 22.7. The fourth-order valence-corrected chi connectivity index (χ4v) is 2.69. The number of amides is 1. The van der Waals surface area contributed by atoms with Crippen LogP contribution in [0.4, 0.5) is 0 Å². The highest BCUT2D eigenvalue weighted by Crippen LogP contribution is 2.31. The van der Waals surface area contributed by atoms with E-state index in [1.165, 1.54) is 25.1 Å². The predicted molar refractivity (Wildman–Crippen MR) is 70.2 cm³/mol. The summed E-state index contributed by atoms with van der Waals surface area (Å²) in [6, 6.07) is 2.40. The zero-order valence-corrected chi connectivity index (χ0v) is 12.8. The van der Waals surface area contributed by atoms with Crippen LogP contribution in [0.15, 0.2) is 21.5 Å². The van der Waals surface area contributed by atoms with Crippen molar-refractivity contribution in [1.29, 1.82) is 0 Å². The molecule has 0 spiro atoms. The van der Waals surface area contributed by atoms with Gasteiger partial charge in [0.2, 0.25) is 0 Å². The first-order chi connectivity index (χ1) is 7.64. The molecule has 0 aliphatic carbocycles. The van der Waals surface area contributed by atoms with Gasteiger partial charge in [-0.1, -0.05) is 11.6 Å². The number of carbonyl (C=O) groups excluding carboxylic acids is 1. The number of hydrogen-bond donors (Lipinski definition) is 0. The van der Waals surface area contributed by atoms with Crippen molar-refractivity contribution in [1.82, 2.24) is 4.90 Å². The fraction of sp³-hybridized carbons (Fsp3) is 0.222. The second-order valence-corrected chi connectivity index (χ2v) is 7.20. The molecule has 4 nitrogen and oxygen atoms in total. The highest BCUT2D eigenvalue weighted by Gasteiger charge is 2.20. The molecule has 8 heteroatoms. The van der Waals surface area contributed by atoms with E-state index in [1.54, 1.807) is 0 Å². The Kier molecular flexibility index (Phi) is 4.46. The van der Waals surface area contributed by atoms with Crippen LogP contribution in [0.5, 0.6) is 0 Å². The molecule has 1 rings (SSSR count). The molecule has 0 fully saturated rings. The van der Waals surface area contributed by atoms with Crippen LogP contribution in [0, 0.1) is 0 Å². The Hall–Kier alpha value is -0.300. The Morgan fingerprint density at radius 1 is 1.35 bits per heavy atom. The quantitative estimate of drug-likeness (QED) is 0.762. The van der Waals surface area contributed by atoms with E-state index < -0.39 is 15.0 Å². The van der Waals surface area contributed by atoms with Gasteiger partial charge in [-0.3, -0.25) is 4.79 Å². The average Bonchev–Trinajstić information content (AvgIpc) is 2.19. The lowest BCUT2D eigenvalue weighted by Gasteiger charge is -2.13. The van der Waals surface area contributed by atoms with Crippen molar-refractivity contribution in [3.05, 3.63) is 27.2 Å². The van der Waals surface area contributed by atoms with Crippen molar-refractivity contribution in [2.45, 2.75) is 4.90 Å². The minimum absolute atomic E-state index is 0.0743. The summed E-state index contributed by atoms with van der Waals surface area (Å²) in [4.78, 5) is 12.9. The van der Waals surface area contributed by atoms with E-state index >= 15 is 0 Å². The van der Waals surface area contributed by atoms with Crippen molar-refractivity contribution in [2.24, 2.45) is 0 Å². The van der Waals surface area contributed by atoms with E-state index in [2.05, 4.69) is 15.9 Å². The first-order valence-electron chi connectivity index (χ1n) is 4.30. The van der Waals surface area contributed by atoms with Crippen LogP contribution in [0.1, 0.15) is 10.4 Å². The summed E-state index contributed by atoms with van der Waals surface area (Å²) in [5.41, 5.74) is 0.0743. The second-order valence-electron chi connectivity index (χ2n) is 3.40. The molecular weight excluding hydrogens is 353 g/mol. The van der Waals surface area contributed by atoms with Crippen molar-refractivity contribution in [2.75, 3.05) is 14.1 Å². The molecule has 0 heterocycles. The molecule has 0 saturated heterocycles. The third kappa shape index (κ3) is 3.34. The van der Waals surface area contributed by atoms with Crippen LogP contribution < -0.4 is 0 Å². The predicted octanol–water partition coefficient (Wildman–Crippen LogP) is 2.73. The van der Waals surface area contributed by atoms with E-state index in [1.807, 2.05) is 0 Å². The zero-order valence-electron chi connectivity index (χ0n) is 8.87. The topological polar surface area (TPSA) is 54.5 Å². The summed E-state index contributed by atoms with van der Waals surface area (Å²) in [5, 5.41) is 0.146. The first-order valence-corrected chi connectivity index (χ1v) is 7.78. The minimum atomic E-state index is -3.91. The van der Waals surface area contributed by atoms with Crippen molar-refractivity contribution in [3.8, 4) is 0 Å². The van der Waals surface area contributed by atoms with Crippen LogP contribution in [0.3, 0.4) is 0 Å². The molecule has 0 aromatic heterocycles. The highest BCUT2D eigenvalue weighted by molar-refractivity contribution is 9.10. The van der Waals surface area contributed by atoms with Gasteiger partial charge in [-0.25, -0.2) is 8.42 Å². The van der Waals surface area contributed by atoms with Gasteiger partial charge in [0, 0.05) is 29.3 Å². The Bertz CT molecular complexity index is 572. The first kappa shape index (κ1) is 14.8. The average molecular weight is 361 g/mol. The molecule has 0 bridgehead atoms. The summed E-state index contributed by atoms with van der Waals surface area (Å²) >= 11 is 9.00. The third-order valence-corrected chi connectivity index (χ3v) is 4.51. The molecule has 94 valence electrons. The standard InChI is InChI=1S/C9H8BrCl2NO3S/c1-13(2)9(14)6-3-5(17(12,15)16)4-7(10)8(6)11/h3-4H,1-2H3. The number of benzene rings is 1. The monoisotopic (exact) mass is 359 g/mol. The van der Waals surface area contributed by atoms with E-state index in [0.717, 1.165) is 6.07 Å². The second kappa shape index (κ2) is 5.14. The highest BCUT2D eigenvalue weighted by atomic mass is 79.9. The van der Waals surface area contributed by atoms with Gasteiger partial charge in [0.1, 0.15) is 0 Å². The maximum Gasteiger partial charge on any atom is 0.261 e. The van der Waals surface area contributed by atoms with Gasteiger partial charge < -0.3 is 4.90 Å². The zero-order chi connectivity index (χ0) is 13.4. The van der Waals surface area contributed by atoms with Crippen molar-refractivity contribution < 1.29 is 13.2 Å². The van der Waals surface area contributed by atoms with Gasteiger partial charge in [0.05, 0.1) is 15.5 Å². The van der Waals surface area contributed by atoms with Gasteiger partial charge in [-0.2, -0.15) is 0 Å². The molecule has 0 saturated carbocycles. The van der Waals surface area contributed by atoms with Crippen molar-refractivity contribution >= 4 is 53.2 Å². The molecular formula is C9H8BrCl2NO3S. The molecule has 0 N–H and O–H groups in total. The Labute approximate surface area is 117 Å². The van der Waals surface area contributed by atoms with E-state index in [9.17, 15) is 13.2 Å². The number of rotatable bonds is 2. The Morgan fingerprint density at radius 3 is 2.29 bits per heavy atom. The lowest BCUT2D eigenvalue weighted by Crippen LogP contribution is -2.22. The van der Waals surface area contributed by atoms with Crippen LogP contribution in [0.25, 0.3) is 0 Å². The van der Waals surface area contributed by atoms with Crippen LogP contribution in [0.2, 0.25) is 5.02 Å². The number of hydrogen-bond acceptors (Lipinski definition) is 3. The maximum absolute atomic E-state index is 11.8. The molecule has 0 aliphatic rings. The number of carbonyl (C=O) groups is 1. The largest absolute Gasteiger partial charge is 0.345 e. The normalized spacial score (nSPS) is 11.4. The summed E-state index contributed by atoms with van der Waals surface area (Å²) in [7, 11) is 4.38. The van der Waals surface area contributed by atoms with Gasteiger partial charge in [0.15, 0.2) is 0 Å². The van der Waals surface area contributed by atoms with Crippen LogP contribution in [-0.4, -0.2) is 33.3 Å². The summed E-state index contributed by atoms with van der Waals surface area (Å²) in [6.07, 6.45) is 0. The van der Waals surface area contributed by atoms with Gasteiger partial charge in [-0.15, -0.1) is 0 Å². The van der Waals surface area contributed by atoms with Gasteiger partial charge in [0.25, 0.3) is 15.0 Å². The minimum Gasteiger partial charge on any atom is -0.345 e. The molecule has 1 aromatic carbocycles. The van der Waals surface area contributed by atoms with Gasteiger partial charge >= 0.3 is 0 Å². The third-order valence-electron chi connectivity index (χ3n) is 1.92. The molecule has 0 radical (unpaired) electrons. The SMILES string of the molecule is CN(C)C(=O)c1cc(S(=O)(=O)Cl)cc(Br)c1Cl. The van der Waals surface area contributed by atoms with Crippen LogP contribution in [-0.2, 0) is 9.05 Å². The Morgan fingerprint density at radius 2 is 1.88 bits per heavy atom. The Balaban J connectivity index is 3.51. The maximum atomic E-state index is 11.8. The van der Waals surface area contributed by atoms with E-state index in [0.29, 0.717) is 4.47 Å². The lowest BCUT2D eigenvalue weighted by atomic mass is 10.2. The number of halogens is 3. The van der Waals surface area contributed by atoms with Gasteiger partial charge in [-0.05, 0) is 28.1 Å². The van der Waals surface area contributed by atoms with Crippen LogP contribution >= 0.6 is 38.2 Å². The molecule has 0 aliphatic heterocycles. The van der Waals surface area contributed by atoms with E-state index in [4.69, 9.17) is 22.3 Å². The molecule has 0 atom stereocenters. The number of nitrogens with zero attached hydrogens (tertiary/aromatic N) is 1. The smallest absolute Gasteiger partial charge is 0.261 e. The van der Waals surface area contributed by atoms with Crippen molar-refractivity contribution in [3.63, 3.8) is 0 Å². The summed E-state index contributed by atoms with van der Waals surface area (Å²) in [5.74, 6) is -0.405. The molecule has 1 aromatic rings. The molecule has 1 amide bonds. The molecule has 0 unspecified atom stereocenters. The molecule has 17 heavy (non-hydrogen) atoms. The van der Waals surface area contributed by atoms with E-state index in [-0.39, 0.29) is 15.5 Å². The fourth-order valence-electron chi connectivity index (χ4n) is 1.10.